The summed E-state index contributed by atoms with van der Waals surface area (Å²) in [5.41, 5.74) is 1.27. The molecule has 1 aromatic carbocycles. The van der Waals surface area contributed by atoms with Crippen molar-refractivity contribution >= 4 is 6.08 Å². The summed E-state index contributed by atoms with van der Waals surface area (Å²) >= 11 is 0. The molecule has 0 aromatic heterocycles. The van der Waals surface area contributed by atoms with Crippen molar-refractivity contribution in [3.05, 3.63) is 42.0 Å². The maximum absolute atomic E-state index is 3.53. The van der Waals surface area contributed by atoms with Crippen LogP contribution >= 0.6 is 0 Å². The third-order valence-electron chi connectivity index (χ3n) is 3.66. The topological polar surface area (TPSA) is 15.3 Å². The molecule has 1 heterocycles. The van der Waals surface area contributed by atoms with Gasteiger partial charge in [-0.15, -0.1) is 0 Å². The lowest BCUT2D eigenvalue weighted by atomic mass is 10.2. The van der Waals surface area contributed by atoms with Gasteiger partial charge in [0.25, 0.3) is 0 Å². The fourth-order valence-electron chi connectivity index (χ4n) is 2.64. The average molecular weight is 244 g/mol. The summed E-state index contributed by atoms with van der Waals surface area (Å²) in [5.74, 6) is 0. The van der Waals surface area contributed by atoms with E-state index in [0.29, 0.717) is 0 Å². The van der Waals surface area contributed by atoms with Gasteiger partial charge in [-0.1, -0.05) is 49.4 Å². The molecule has 18 heavy (non-hydrogen) atoms. The summed E-state index contributed by atoms with van der Waals surface area (Å²) in [6.07, 6.45) is 7.10. The first-order chi connectivity index (χ1) is 8.90. The Bertz CT molecular complexity index is 359. The van der Waals surface area contributed by atoms with E-state index in [4.69, 9.17) is 0 Å². The standard InChI is InChI=1S/C16H24N2/c1-2-18-13-7-11-16(18)14-17-12-6-10-15-8-4-3-5-9-15/h3-6,8-10,16-17H,2,7,11-14H2,1H3/b10-6+. The SMILES string of the molecule is CCN1CCCC1CNC/C=C/c1ccccc1. The first-order valence-corrected chi connectivity index (χ1v) is 7.06. The predicted molar refractivity (Wildman–Crippen MR) is 78.6 cm³/mol. The molecule has 0 aliphatic carbocycles. The molecule has 2 nitrogen and oxygen atoms in total. The highest BCUT2D eigenvalue weighted by Gasteiger charge is 2.21. The van der Waals surface area contributed by atoms with Crippen molar-refractivity contribution in [2.45, 2.75) is 25.8 Å². The molecular formula is C16H24N2. The minimum Gasteiger partial charge on any atom is -0.312 e. The third-order valence-corrected chi connectivity index (χ3v) is 3.66. The number of likely N-dealkylation sites (N-methyl/N-ethyl adjacent to an activating group) is 1. The molecule has 98 valence electrons. The first-order valence-electron chi connectivity index (χ1n) is 7.06. The number of rotatable bonds is 6. The molecule has 0 radical (unpaired) electrons. The minimum absolute atomic E-state index is 0.750. The molecule has 0 bridgehead atoms. The van der Waals surface area contributed by atoms with E-state index in [-0.39, 0.29) is 0 Å². The van der Waals surface area contributed by atoms with Crippen LogP contribution in [0.1, 0.15) is 25.3 Å². The summed E-state index contributed by atoms with van der Waals surface area (Å²) < 4.78 is 0. The van der Waals surface area contributed by atoms with Crippen LogP contribution < -0.4 is 5.32 Å². The van der Waals surface area contributed by atoms with Crippen molar-refractivity contribution in [2.24, 2.45) is 0 Å². The Balaban J connectivity index is 1.65. The summed E-state index contributed by atoms with van der Waals surface area (Å²) in [6, 6.07) is 11.2. The Morgan fingerprint density at radius 3 is 2.94 bits per heavy atom. The molecule has 1 aliphatic heterocycles. The molecule has 1 aromatic rings. The van der Waals surface area contributed by atoms with Gasteiger partial charge in [-0.3, -0.25) is 4.90 Å². The quantitative estimate of drug-likeness (QED) is 0.774. The van der Waals surface area contributed by atoms with Crippen LogP contribution in [0.25, 0.3) is 6.08 Å². The maximum atomic E-state index is 3.53. The van der Waals surface area contributed by atoms with Crippen LogP contribution in [0.2, 0.25) is 0 Å². The van der Waals surface area contributed by atoms with E-state index in [0.717, 1.165) is 19.1 Å². The summed E-state index contributed by atoms with van der Waals surface area (Å²) in [4.78, 5) is 2.58. The molecule has 0 amide bonds. The highest BCUT2D eigenvalue weighted by Crippen LogP contribution is 2.15. The second-order valence-corrected chi connectivity index (χ2v) is 4.90. The van der Waals surface area contributed by atoms with E-state index in [2.05, 4.69) is 59.6 Å². The summed E-state index contributed by atoms with van der Waals surface area (Å²) in [5, 5.41) is 3.53. The van der Waals surface area contributed by atoms with Gasteiger partial charge >= 0.3 is 0 Å². The van der Waals surface area contributed by atoms with E-state index in [1.165, 1.54) is 31.5 Å². The van der Waals surface area contributed by atoms with Gasteiger partial charge in [0.05, 0.1) is 0 Å². The van der Waals surface area contributed by atoms with Gasteiger partial charge in [-0.25, -0.2) is 0 Å². The molecule has 0 spiro atoms. The summed E-state index contributed by atoms with van der Waals surface area (Å²) in [7, 11) is 0. The number of nitrogens with zero attached hydrogens (tertiary/aromatic N) is 1. The average Bonchev–Trinajstić information content (AvgIpc) is 2.87. The zero-order valence-electron chi connectivity index (χ0n) is 11.3. The number of hydrogen-bond acceptors (Lipinski definition) is 2. The normalized spacial score (nSPS) is 20.8. The lowest BCUT2D eigenvalue weighted by Crippen LogP contribution is -2.37. The molecule has 1 saturated heterocycles. The number of nitrogens with one attached hydrogen (secondary N) is 1. The molecule has 1 N–H and O–H groups in total. The monoisotopic (exact) mass is 244 g/mol. The number of hydrogen-bond donors (Lipinski definition) is 1. The Kier molecular flexibility index (Phi) is 5.43. The minimum atomic E-state index is 0.750. The van der Waals surface area contributed by atoms with Crippen molar-refractivity contribution in [2.75, 3.05) is 26.2 Å². The van der Waals surface area contributed by atoms with Crippen LogP contribution in [-0.2, 0) is 0 Å². The van der Waals surface area contributed by atoms with Crippen molar-refractivity contribution in [1.82, 2.24) is 10.2 Å². The Morgan fingerprint density at radius 2 is 2.17 bits per heavy atom. The molecule has 1 aliphatic rings. The van der Waals surface area contributed by atoms with E-state index < -0.39 is 0 Å². The molecule has 1 unspecified atom stereocenters. The van der Waals surface area contributed by atoms with Gasteiger partial charge in [-0.2, -0.15) is 0 Å². The van der Waals surface area contributed by atoms with Gasteiger partial charge < -0.3 is 5.32 Å². The van der Waals surface area contributed by atoms with Crippen LogP contribution in [0.3, 0.4) is 0 Å². The van der Waals surface area contributed by atoms with Crippen molar-refractivity contribution in [1.29, 1.82) is 0 Å². The van der Waals surface area contributed by atoms with Gasteiger partial charge in [-0.05, 0) is 31.5 Å². The van der Waals surface area contributed by atoms with E-state index in [1.54, 1.807) is 0 Å². The first kappa shape index (κ1) is 13.3. The molecule has 1 fully saturated rings. The third kappa shape index (κ3) is 3.97. The van der Waals surface area contributed by atoms with Crippen molar-refractivity contribution in [3.8, 4) is 0 Å². The fourth-order valence-corrected chi connectivity index (χ4v) is 2.64. The Morgan fingerprint density at radius 1 is 1.33 bits per heavy atom. The maximum Gasteiger partial charge on any atom is 0.0221 e. The Hall–Kier alpha value is -1.12. The zero-order valence-corrected chi connectivity index (χ0v) is 11.3. The lowest BCUT2D eigenvalue weighted by molar-refractivity contribution is 0.262. The van der Waals surface area contributed by atoms with Crippen LogP contribution in [-0.4, -0.2) is 37.1 Å². The largest absolute Gasteiger partial charge is 0.312 e. The second kappa shape index (κ2) is 7.34. The van der Waals surface area contributed by atoms with Crippen LogP contribution in [0.4, 0.5) is 0 Å². The Labute approximate surface area is 111 Å². The van der Waals surface area contributed by atoms with E-state index >= 15 is 0 Å². The van der Waals surface area contributed by atoms with E-state index in [9.17, 15) is 0 Å². The second-order valence-electron chi connectivity index (χ2n) is 4.90. The van der Waals surface area contributed by atoms with Crippen LogP contribution in [0, 0.1) is 0 Å². The van der Waals surface area contributed by atoms with Gasteiger partial charge in [0.15, 0.2) is 0 Å². The fraction of sp³-hybridized carbons (Fsp3) is 0.500. The smallest absolute Gasteiger partial charge is 0.0221 e. The van der Waals surface area contributed by atoms with Gasteiger partial charge in [0, 0.05) is 19.1 Å². The van der Waals surface area contributed by atoms with Gasteiger partial charge in [0.2, 0.25) is 0 Å². The lowest BCUT2D eigenvalue weighted by Gasteiger charge is -2.22. The highest BCUT2D eigenvalue weighted by atomic mass is 15.2. The highest BCUT2D eigenvalue weighted by molar-refractivity contribution is 5.48. The molecule has 1 atom stereocenters. The van der Waals surface area contributed by atoms with Gasteiger partial charge in [0.1, 0.15) is 0 Å². The van der Waals surface area contributed by atoms with E-state index in [1.807, 2.05) is 0 Å². The number of likely N-dealkylation sites (tertiary alicyclic amines) is 1. The molecule has 2 heteroatoms. The molecule has 0 saturated carbocycles. The van der Waals surface area contributed by atoms with Crippen LogP contribution in [0.15, 0.2) is 36.4 Å². The van der Waals surface area contributed by atoms with Crippen molar-refractivity contribution < 1.29 is 0 Å². The predicted octanol–water partition coefficient (Wildman–Crippen LogP) is 2.77. The molecule has 2 rings (SSSR count). The number of benzene rings is 1. The molecular weight excluding hydrogens is 220 g/mol. The summed E-state index contributed by atoms with van der Waals surface area (Å²) in [6.45, 7) is 6.80. The zero-order chi connectivity index (χ0) is 12.6. The van der Waals surface area contributed by atoms with Crippen LogP contribution in [0.5, 0.6) is 0 Å². The van der Waals surface area contributed by atoms with Crippen molar-refractivity contribution in [3.63, 3.8) is 0 Å².